The molecule has 6 heterocycles. The van der Waals surface area contributed by atoms with Crippen molar-refractivity contribution in [2.45, 2.75) is 56.6 Å². The molecule has 5 aromatic rings. The molecule has 5 aromatic heterocycles. The number of carbonyl (C=O) groups excluding carboxylic acids is 1. The number of halogens is 1. The van der Waals surface area contributed by atoms with E-state index in [1.54, 1.807) is 19.4 Å². The van der Waals surface area contributed by atoms with Gasteiger partial charge >= 0.3 is 0 Å². The van der Waals surface area contributed by atoms with Gasteiger partial charge in [0.25, 0.3) is 5.91 Å². The molecule has 0 spiro atoms. The van der Waals surface area contributed by atoms with Crippen LogP contribution < -0.4 is 15.5 Å². The quantitative estimate of drug-likeness (QED) is 0.222. The molecule has 234 valence electrons. The second-order valence-corrected chi connectivity index (χ2v) is 11.9. The molecule has 1 aliphatic heterocycles. The second kappa shape index (κ2) is 11.6. The average Bonchev–Trinajstić information content (AvgIpc) is 3.77. The van der Waals surface area contributed by atoms with Crippen molar-refractivity contribution in [1.82, 2.24) is 44.8 Å². The van der Waals surface area contributed by atoms with Gasteiger partial charge in [0, 0.05) is 70.2 Å². The van der Waals surface area contributed by atoms with Gasteiger partial charge in [-0.15, -0.1) is 0 Å². The van der Waals surface area contributed by atoms with E-state index >= 15 is 0 Å². The Morgan fingerprint density at radius 2 is 2.00 bits per heavy atom. The van der Waals surface area contributed by atoms with Crippen LogP contribution in [-0.4, -0.2) is 71.2 Å². The molecule has 2 aliphatic rings. The number of hydrogen-bond acceptors (Lipinski definition) is 9. The first-order valence-electron chi connectivity index (χ1n) is 15.2. The predicted octanol–water partition coefficient (Wildman–Crippen LogP) is 4.29. The minimum Gasteiger partial charge on any atom is -0.368 e. The summed E-state index contributed by atoms with van der Waals surface area (Å²) in [6, 6.07) is 7.33. The monoisotopic (exact) mass is 613 g/mol. The summed E-state index contributed by atoms with van der Waals surface area (Å²) < 4.78 is 22.6. The summed E-state index contributed by atoms with van der Waals surface area (Å²) in [5.74, 6) is 2.43. The summed E-state index contributed by atoms with van der Waals surface area (Å²) >= 11 is 0. The first kappa shape index (κ1) is 28.9. The van der Waals surface area contributed by atoms with Gasteiger partial charge in [0.1, 0.15) is 17.1 Å². The van der Waals surface area contributed by atoms with Crippen molar-refractivity contribution in [2.24, 2.45) is 7.05 Å². The molecule has 7 rings (SSSR count). The molecule has 1 atom stereocenters. The zero-order chi connectivity index (χ0) is 31.1. The van der Waals surface area contributed by atoms with Crippen molar-refractivity contribution < 1.29 is 13.9 Å². The summed E-state index contributed by atoms with van der Waals surface area (Å²) in [5.41, 5.74) is 1.78. The van der Waals surface area contributed by atoms with E-state index in [1.807, 2.05) is 36.9 Å². The minimum absolute atomic E-state index is 0.183. The van der Waals surface area contributed by atoms with Crippen LogP contribution in [-0.2, 0) is 16.6 Å². The lowest BCUT2D eigenvalue weighted by atomic mass is 9.83. The van der Waals surface area contributed by atoms with Crippen molar-refractivity contribution in [1.29, 1.82) is 0 Å². The summed E-state index contributed by atoms with van der Waals surface area (Å²) in [6.07, 6.45) is 10.6. The lowest BCUT2D eigenvalue weighted by Gasteiger charge is -2.40. The van der Waals surface area contributed by atoms with Gasteiger partial charge in [-0.25, -0.2) is 14.1 Å². The van der Waals surface area contributed by atoms with Crippen molar-refractivity contribution in [3.05, 3.63) is 66.1 Å². The highest BCUT2D eigenvalue weighted by Gasteiger charge is 2.43. The van der Waals surface area contributed by atoms with Crippen LogP contribution in [0.1, 0.15) is 62.2 Å². The fourth-order valence-electron chi connectivity index (χ4n) is 6.03. The Hall–Kier alpha value is -4.85. The lowest BCUT2D eigenvalue weighted by Crippen LogP contribution is -2.55. The minimum atomic E-state index is -0.992. The topological polar surface area (TPSA) is 144 Å². The number of methoxy groups -OCH3 is 1. The molecule has 14 heteroatoms. The van der Waals surface area contributed by atoms with E-state index in [4.69, 9.17) is 14.7 Å². The molecule has 1 saturated carbocycles. The van der Waals surface area contributed by atoms with Crippen molar-refractivity contribution in [2.75, 3.05) is 30.4 Å². The highest BCUT2D eigenvalue weighted by atomic mass is 19.1. The van der Waals surface area contributed by atoms with Gasteiger partial charge in [0.15, 0.2) is 17.5 Å². The Bertz CT molecular complexity index is 1820. The van der Waals surface area contributed by atoms with Crippen LogP contribution in [0.25, 0.3) is 16.9 Å². The Balaban J connectivity index is 1.04. The number of aromatic nitrogens is 8. The third-order valence-electron chi connectivity index (χ3n) is 9.16. The Morgan fingerprint density at radius 3 is 2.67 bits per heavy atom. The Morgan fingerprint density at radius 1 is 1.18 bits per heavy atom. The summed E-state index contributed by atoms with van der Waals surface area (Å²) in [6.45, 7) is 2.97. The molecule has 1 saturated heterocycles. The van der Waals surface area contributed by atoms with Crippen LogP contribution in [0, 0.1) is 5.82 Å². The van der Waals surface area contributed by atoms with Gasteiger partial charge in [-0.1, -0.05) is 12.5 Å². The SMILES string of the molecule is COC1(C(=O)N[C@@H](C)c2ccc(-n3cc(F)cn3)nc2)CCN(c2nc(Nc3cc(C4CCC4)[nH]n3)c3ccn(C)c3n2)CC1. The summed E-state index contributed by atoms with van der Waals surface area (Å²) in [4.78, 5) is 29.9. The number of anilines is 3. The number of pyridine rings is 1. The first-order valence-corrected chi connectivity index (χ1v) is 15.2. The summed E-state index contributed by atoms with van der Waals surface area (Å²) in [5, 5.41) is 19.0. The fraction of sp³-hybridized carbons (Fsp3) is 0.419. The van der Waals surface area contributed by atoms with Gasteiger partial charge < -0.3 is 24.8 Å². The van der Waals surface area contributed by atoms with E-state index < -0.39 is 11.4 Å². The standard InChI is InChI=1S/C31H36FN11O2/c1-19(21-7-8-26(33-16-21)43-18-22(32)17-34-43)35-29(44)31(45-3)10-13-42(14-11-31)30-37-27(23-9-12-41(2)28(23)38-30)36-25-15-24(39-40-25)20-5-4-6-20/h7-9,12,15-20H,4-6,10-11,13-14H2,1-3H3,(H,35,44)(H2,36,37,38,39,40)/t19-/m0/s1. The molecule has 2 fully saturated rings. The Labute approximate surface area is 259 Å². The number of nitrogens with zero attached hydrogens (tertiary/aromatic N) is 8. The molecular formula is C31H36FN11O2. The van der Waals surface area contributed by atoms with E-state index in [2.05, 4.69) is 41.9 Å². The molecule has 3 N–H and O–H groups in total. The molecule has 13 nitrogen and oxygen atoms in total. The van der Waals surface area contributed by atoms with Crippen molar-refractivity contribution in [3.8, 4) is 5.82 Å². The van der Waals surface area contributed by atoms with Crippen molar-refractivity contribution >= 4 is 34.5 Å². The number of hydrogen-bond donors (Lipinski definition) is 3. The maximum atomic E-state index is 13.6. The van der Waals surface area contributed by atoms with Gasteiger partial charge in [-0.2, -0.15) is 20.2 Å². The molecular weight excluding hydrogens is 577 g/mol. The lowest BCUT2D eigenvalue weighted by molar-refractivity contribution is -0.146. The van der Waals surface area contributed by atoms with Crippen molar-refractivity contribution in [3.63, 3.8) is 0 Å². The third kappa shape index (κ3) is 5.50. The van der Waals surface area contributed by atoms with Crippen LogP contribution in [0.2, 0.25) is 0 Å². The normalized spacial score (nSPS) is 17.3. The van der Waals surface area contributed by atoms with Gasteiger partial charge in [-0.05, 0) is 37.5 Å². The molecule has 0 bridgehead atoms. The number of aryl methyl sites for hydroxylation is 1. The molecule has 0 unspecified atom stereocenters. The maximum absolute atomic E-state index is 13.6. The van der Waals surface area contributed by atoms with Gasteiger partial charge in [0.05, 0.1) is 23.8 Å². The number of amides is 1. The number of rotatable bonds is 9. The molecule has 1 aliphatic carbocycles. The van der Waals surface area contributed by atoms with E-state index in [-0.39, 0.29) is 11.9 Å². The largest absolute Gasteiger partial charge is 0.368 e. The average molecular weight is 614 g/mol. The highest BCUT2D eigenvalue weighted by molar-refractivity contribution is 5.90. The number of piperidine rings is 1. The molecule has 0 aromatic carbocycles. The molecule has 45 heavy (non-hydrogen) atoms. The van der Waals surface area contributed by atoms with Gasteiger partial charge in [0.2, 0.25) is 5.95 Å². The molecule has 0 radical (unpaired) electrons. The van der Waals surface area contributed by atoms with Gasteiger partial charge in [-0.3, -0.25) is 9.89 Å². The van der Waals surface area contributed by atoms with Crippen LogP contribution in [0.15, 0.2) is 49.1 Å². The number of H-pyrrole nitrogens is 1. The van der Waals surface area contributed by atoms with Crippen LogP contribution in [0.5, 0.6) is 0 Å². The van der Waals surface area contributed by atoms with E-state index in [9.17, 15) is 9.18 Å². The summed E-state index contributed by atoms with van der Waals surface area (Å²) in [7, 11) is 3.54. The third-order valence-corrected chi connectivity index (χ3v) is 9.16. The van der Waals surface area contributed by atoms with E-state index in [1.165, 1.54) is 30.1 Å². The smallest absolute Gasteiger partial charge is 0.252 e. The Kier molecular flexibility index (Phi) is 7.43. The zero-order valence-corrected chi connectivity index (χ0v) is 25.5. The first-order chi connectivity index (χ1) is 21.8. The van der Waals surface area contributed by atoms with E-state index in [0.717, 1.165) is 34.3 Å². The highest BCUT2D eigenvalue weighted by Crippen LogP contribution is 2.37. The van der Waals surface area contributed by atoms with Crippen LogP contribution >= 0.6 is 0 Å². The number of carbonyl (C=O) groups is 1. The molecule has 1 amide bonds. The van der Waals surface area contributed by atoms with E-state index in [0.29, 0.717) is 49.4 Å². The maximum Gasteiger partial charge on any atom is 0.252 e. The second-order valence-electron chi connectivity index (χ2n) is 11.9. The van der Waals surface area contributed by atoms with Crippen LogP contribution in [0.3, 0.4) is 0 Å². The number of aromatic amines is 1. The zero-order valence-electron chi connectivity index (χ0n) is 25.5. The number of ether oxygens (including phenoxy) is 1. The number of nitrogens with one attached hydrogen (secondary N) is 3. The van der Waals surface area contributed by atoms with Crippen LogP contribution in [0.4, 0.5) is 22.0 Å². The predicted molar refractivity (Wildman–Crippen MR) is 166 cm³/mol. The fourth-order valence-corrected chi connectivity index (χ4v) is 6.03. The number of fused-ring (bicyclic) bond motifs is 1.